The van der Waals surface area contributed by atoms with E-state index in [2.05, 4.69) is 16.8 Å². The molecule has 3 aromatic rings. The molecule has 0 spiro atoms. The Morgan fingerprint density at radius 2 is 1.70 bits per heavy atom. The lowest BCUT2D eigenvalue weighted by Crippen LogP contribution is -2.22. The number of sulfone groups is 1. The molecular formula is C21H24N2O3S. The van der Waals surface area contributed by atoms with Crippen molar-refractivity contribution in [3.63, 3.8) is 0 Å². The zero-order valence-electron chi connectivity index (χ0n) is 16.0. The van der Waals surface area contributed by atoms with Crippen LogP contribution in [0.3, 0.4) is 0 Å². The summed E-state index contributed by atoms with van der Waals surface area (Å²) in [5.74, 6) is 1.43. The van der Waals surface area contributed by atoms with Crippen molar-refractivity contribution in [2.45, 2.75) is 31.3 Å². The van der Waals surface area contributed by atoms with Gasteiger partial charge >= 0.3 is 0 Å². The van der Waals surface area contributed by atoms with E-state index in [0.717, 1.165) is 22.6 Å². The van der Waals surface area contributed by atoms with Gasteiger partial charge < -0.3 is 4.42 Å². The lowest BCUT2D eigenvalue weighted by molar-refractivity contribution is 0.249. The van der Waals surface area contributed by atoms with Crippen LogP contribution in [0, 0.1) is 6.92 Å². The van der Waals surface area contributed by atoms with E-state index < -0.39 is 9.84 Å². The monoisotopic (exact) mass is 384 g/mol. The Kier molecular flexibility index (Phi) is 5.48. The molecule has 142 valence electrons. The van der Waals surface area contributed by atoms with Gasteiger partial charge in [-0.15, -0.1) is 0 Å². The van der Waals surface area contributed by atoms with E-state index in [-0.39, 0.29) is 6.04 Å². The molecule has 0 aliphatic rings. The molecule has 0 saturated heterocycles. The Morgan fingerprint density at radius 1 is 1.07 bits per heavy atom. The van der Waals surface area contributed by atoms with Crippen LogP contribution in [0.15, 0.2) is 63.9 Å². The third kappa shape index (κ3) is 4.46. The van der Waals surface area contributed by atoms with Crippen LogP contribution in [0.5, 0.6) is 0 Å². The molecular weight excluding hydrogens is 360 g/mol. The minimum atomic E-state index is -3.18. The van der Waals surface area contributed by atoms with Gasteiger partial charge in [0.05, 0.1) is 10.6 Å². The summed E-state index contributed by atoms with van der Waals surface area (Å²) in [5, 5.41) is 0. The molecule has 2 aromatic carbocycles. The van der Waals surface area contributed by atoms with Crippen LogP contribution >= 0.6 is 0 Å². The maximum Gasteiger partial charge on any atom is 0.226 e. The van der Waals surface area contributed by atoms with Crippen molar-refractivity contribution in [1.29, 1.82) is 0 Å². The van der Waals surface area contributed by atoms with E-state index in [0.29, 0.717) is 17.3 Å². The molecule has 0 amide bonds. The summed E-state index contributed by atoms with van der Waals surface area (Å²) in [6.07, 6.45) is 1.22. The first-order valence-electron chi connectivity index (χ1n) is 8.77. The Labute approximate surface area is 160 Å². The Hall–Kier alpha value is -2.44. The van der Waals surface area contributed by atoms with E-state index in [9.17, 15) is 8.42 Å². The number of hydrogen-bond donors (Lipinski definition) is 0. The highest BCUT2D eigenvalue weighted by molar-refractivity contribution is 7.90. The predicted molar refractivity (Wildman–Crippen MR) is 106 cm³/mol. The van der Waals surface area contributed by atoms with Gasteiger partial charge in [-0.1, -0.05) is 30.3 Å². The molecule has 6 heteroatoms. The van der Waals surface area contributed by atoms with E-state index >= 15 is 0 Å². The van der Waals surface area contributed by atoms with Crippen LogP contribution in [0.2, 0.25) is 0 Å². The van der Waals surface area contributed by atoms with Gasteiger partial charge in [0, 0.05) is 24.4 Å². The van der Waals surface area contributed by atoms with Gasteiger partial charge in [0.1, 0.15) is 5.76 Å². The summed E-state index contributed by atoms with van der Waals surface area (Å²) in [6.45, 7) is 4.65. The molecule has 0 bridgehead atoms. The predicted octanol–water partition coefficient (Wildman–Crippen LogP) is 4.25. The van der Waals surface area contributed by atoms with Crippen LogP contribution in [-0.4, -0.2) is 31.6 Å². The minimum Gasteiger partial charge on any atom is -0.441 e. The van der Waals surface area contributed by atoms with Crippen LogP contribution in [0.4, 0.5) is 0 Å². The number of nitrogens with zero attached hydrogens (tertiary/aromatic N) is 2. The second-order valence-electron chi connectivity index (χ2n) is 6.82. The van der Waals surface area contributed by atoms with Gasteiger partial charge in [0.2, 0.25) is 5.89 Å². The maximum absolute atomic E-state index is 11.6. The fraction of sp³-hybridized carbons (Fsp3) is 0.286. The topological polar surface area (TPSA) is 63.4 Å². The van der Waals surface area contributed by atoms with Crippen molar-refractivity contribution in [3.05, 3.63) is 71.6 Å². The zero-order valence-corrected chi connectivity index (χ0v) is 16.8. The van der Waals surface area contributed by atoms with Gasteiger partial charge in [-0.2, -0.15) is 0 Å². The Balaban J connectivity index is 1.75. The molecule has 1 unspecified atom stereocenters. The minimum absolute atomic E-state index is 0.106. The van der Waals surface area contributed by atoms with Crippen molar-refractivity contribution in [3.8, 4) is 11.5 Å². The SMILES string of the molecule is Cc1oc(-c2ccccc2)nc1CN(C)C(C)c1ccc(S(C)(=O)=O)cc1. The Morgan fingerprint density at radius 3 is 2.30 bits per heavy atom. The summed E-state index contributed by atoms with van der Waals surface area (Å²) in [4.78, 5) is 7.15. The third-order valence-electron chi connectivity index (χ3n) is 4.76. The molecule has 0 N–H and O–H groups in total. The van der Waals surface area contributed by atoms with Crippen molar-refractivity contribution in [2.75, 3.05) is 13.3 Å². The summed E-state index contributed by atoms with van der Waals surface area (Å²) < 4.78 is 29.1. The number of aryl methyl sites for hydroxylation is 1. The average molecular weight is 385 g/mol. The molecule has 5 nitrogen and oxygen atoms in total. The molecule has 3 rings (SSSR count). The van der Waals surface area contributed by atoms with Gasteiger partial charge in [-0.3, -0.25) is 4.90 Å². The molecule has 27 heavy (non-hydrogen) atoms. The van der Waals surface area contributed by atoms with Crippen LogP contribution in [0.25, 0.3) is 11.5 Å². The van der Waals surface area contributed by atoms with Crippen molar-refractivity contribution in [1.82, 2.24) is 9.88 Å². The number of hydrogen-bond acceptors (Lipinski definition) is 5. The lowest BCUT2D eigenvalue weighted by Gasteiger charge is -2.24. The molecule has 1 heterocycles. The third-order valence-corrected chi connectivity index (χ3v) is 5.89. The van der Waals surface area contributed by atoms with Crippen LogP contribution in [0.1, 0.15) is 30.0 Å². The highest BCUT2D eigenvalue weighted by Gasteiger charge is 2.18. The maximum atomic E-state index is 11.6. The molecule has 1 atom stereocenters. The highest BCUT2D eigenvalue weighted by atomic mass is 32.2. The fourth-order valence-electron chi connectivity index (χ4n) is 2.90. The second kappa shape index (κ2) is 7.66. The first-order valence-corrected chi connectivity index (χ1v) is 10.7. The smallest absolute Gasteiger partial charge is 0.226 e. The molecule has 0 radical (unpaired) electrons. The summed E-state index contributed by atoms with van der Waals surface area (Å²) >= 11 is 0. The zero-order chi connectivity index (χ0) is 19.6. The van der Waals surface area contributed by atoms with E-state index in [1.807, 2.05) is 56.4 Å². The first-order chi connectivity index (χ1) is 12.8. The number of oxazole rings is 1. The number of aromatic nitrogens is 1. The van der Waals surface area contributed by atoms with E-state index in [1.165, 1.54) is 6.26 Å². The quantitative estimate of drug-likeness (QED) is 0.636. The molecule has 0 aliphatic heterocycles. The van der Waals surface area contributed by atoms with Gasteiger partial charge in [-0.25, -0.2) is 13.4 Å². The summed E-state index contributed by atoms with van der Waals surface area (Å²) in [7, 11) is -1.16. The van der Waals surface area contributed by atoms with Crippen LogP contribution < -0.4 is 0 Å². The van der Waals surface area contributed by atoms with Gasteiger partial charge in [-0.05, 0) is 50.7 Å². The summed E-state index contributed by atoms with van der Waals surface area (Å²) in [5.41, 5.74) is 2.91. The summed E-state index contributed by atoms with van der Waals surface area (Å²) in [6, 6.07) is 17.0. The van der Waals surface area contributed by atoms with Crippen molar-refractivity contribution in [2.24, 2.45) is 0 Å². The van der Waals surface area contributed by atoms with Crippen molar-refractivity contribution >= 4 is 9.84 Å². The average Bonchev–Trinajstić information content (AvgIpc) is 3.02. The molecule has 1 aromatic heterocycles. The van der Waals surface area contributed by atoms with Gasteiger partial charge in [0.25, 0.3) is 0 Å². The van der Waals surface area contributed by atoms with Crippen LogP contribution in [-0.2, 0) is 16.4 Å². The van der Waals surface area contributed by atoms with Crippen molar-refractivity contribution < 1.29 is 12.8 Å². The number of rotatable bonds is 6. The molecule has 0 fully saturated rings. The largest absolute Gasteiger partial charge is 0.441 e. The van der Waals surface area contributed by atoms with Gasteiger partial charge in [0.15, 0.2) is 9.84 Å². The Bertz CT molecular complexity index is 1010. The first kappa shape index (κ1) is 19.3. The number of benzene rings is 2. The fourth-order valence-corrected chi connectivity index (χ4v) is 3.53. The van der Waals surface area contributed by atoms with E-state index in [1.54, 1.807) is 12.1 Å². The van der Waals surface area contributed by atoms with E-state index in [4.69, 9.17) is 4.42 Å². The lowest BCUT2D eigenvalue weighted by atomic mass is 10.1. The highest BCUT2D eigenvalue weighted by Crippen LogP contribution is 2.26. The molecule has 0 aliphatic carbocycles. The molecule has 0 saturated carbocycles. The normalized spacial score (nSPS) is 13.1. The standard InChI is InChI=1S/C21H24N2O3S/c1-15(17-10-12-19(13-11-17)27(4,24)25)23(3)14-20-16(2)26-21(22-20)18-8-6-5-7-9-18/h5-13,15H,14H2,1-4H3. The second-order valence-corrected chi connectivity index (χ2v) is 8.84.